The van der Waals surface area contributed by atoms with Gasteiger partial charge in [-0.3, -0.25) is 0 Å². The minimum Gasteiger partial charge on any atom is -0.497 e. The lowest BCUT2D eigenvalue weighted by Gasteiger charge is -2.14. The van der Waals surface area contributed by atoms with E-state index in [9.17, 15) is 4.79 Å². The molecule has 3 aromatic carbocycles. The number of hydrogen-bond donors (Lipinski definition) is 0. The standard InChI is InChI=1S/C27H25NO3/c1-16-13-18(3)26-22(14-16)23(27(29)31-25-8-6-7-17(2)19(25)4)15-24(28-26)20-9-11-21(30-5)12-10-20/h6-15H,1-5H3. The number of aryl methyl sites for hydroxylation is 3. The predicted molar refractivity (Wildman–Crippen MR) is 124 cm³/mol. The molecule has 1 aromatic heterocycles. The fourth-order valence-electron chi connectivity index (χ4n) is 3.75. The summed E-state index contributed by atoms with van der Waals surface area (Å²) in [6.45, 7) is 7.99. The second-order valence-electron chi connectivity index (χ2n) is 7.85. The van der Waals surface area contributed by atoms with Crippen LogP contribution in [0.5, 0.6) is 11.5 Å². The number of esters is 1. The molecule has 31 heavy (non-hydrogen) atoms. The van der Waals surface area contributed by atoms with Gasteiger partial charge in [-0.2, -0.15) is 0 Å². The number of carbonyl (C=O) groups excluding carboxylic acids is 1. The minimum absolute atomic E-state index is 0.388. The summed E-state index contributed by atoms with van der Waals surface area (Å²) in [5.41, 5.74) is 7.05. The zero-order valence-corrected chi connectivity index (χ0v) is 18.4. The summed E-state index contributed by atoms with van der Waals surface area (Å²) in [6, 6.07) is 19.3. The van der Waals surface area contributed by atoms with E-state index in [1.54, 1.807) is 7.11 Å². The van der Waals surface area contributed by atoms with E-state index < -0.39 is 0 Å². The molecule has 0 atom stereocenters. The molecule has 0 unspecified atom stereocenters. The number of ether oxygens (including phenoxy) is 2. The SMILES string of the molecule is COc1ccc(-c2cc(C(=O)Oc3cccc(C)c3C)c3cc(C)cc(C)c3n2)cc1. The van der Waals surface area contributed by atoms with Crippen molar-refractivity contribution in [3.63, 3.8) is 0 Å². The number of hydrogen-bond acceptors (Lipinski definition) is 4. The molecular weight excluding hydrogens is 386 g/mol. The molecule has 4 heteroatoms. The summed E-state index contributed by atoms with van der Waals surface area (Å²) in [5.74, 6) is 0.956. The molecule has 4 nitrogen and oxygen atoms in total. The summed E-state index contributed by atoms with van der Waals surface area (Å²) in [4.78, 5) is 18.2. The zero-order chi connectivity index (χ0) is 22.1. The summed E-state index contributed by atoms with van der Waals surface area (Å²) in [7, 11) is 1.64. The number of benzene rings is 3. The quantitative estimate of drug-likeness (QED) is 0.289. The molecule has 0 radical (unpaired) electrons. The molecule has 4 rings (SSSR count). The molecule has 0 bridgehead atoms. The lowest BCUT2D eigenvalue weighted by Crippen LogP contribution is -2.11. The van der Waals surface area contributed by atoms with Gasteiger partial charge >= 0.3 is 5.97 Å². The van der Waals surface area contributed by atoms with Crippen molar-refractivity contribution in [3.8, 4) is 22.8 Å². The number of carbonyl (C=O) groups is 1. The van der Waals surface area contributed by atoms with Gasteiger partial charge in [0.25, 0.3) is 0 Å². The van der Waals surface area contributed by atoms with Crippen LogP contribution in [-0.2, 0) is 0 Å². The molecule has 0 saturated heterocycles. The zero-order valence-electron chi connectivity index (χ0n) is 18.4. The second-order valence-corrected chi connectivity index (χ2v) is 7.85. The van der Waals surface area contributed by atoms with Crippen molar-refractivity contribution in [3.05, 3.63) is 88.5 Å². The van der Waals surface area contributed by atoms with Crippen LogP contribution >= 0.6 is 0 Å². The lowest BCUT2D eigenvalue weighted by atomic mass is 9.99. The van der Waals surface area contributed by atoms with Crippen LogP contribution in [0.25, 0.3) is 22.2 Å². The van der Waals surface area contributed by atoms with Crippen LogP contribution < -0.4 is 9.47 Å². The third-order valence-electron chi connectivity index (χ3n) is 5.61. The molecule has 0 aliphatic rings. The summed E-state index contributed by atoms with van der Waals surface area (Å²) < 4.78 is 11.1. The second kappa shape index (κ2) is 8.23. The van der Waals surface area contributed by atoms with E-state index in [-0.39, 0.29) is 5.97 Å². The van der Waals surface area contributed by atoms with Crippen LogP contribution in [0.3, 0.4) is 0 Å². The Bertz CT molecular complexity index is 1290. The summed E-state index contributed by atoms with van der Waals surface area (Å²) in [5, 5.41) is 0.796. The highest BCUT2D eigenvalue weighted by atomic mass is 16.5. The highest BCUT2D eigenvalue weighted by Crippen LogP contribution is 2.30. The van der Waals surface area contributed by atoms with E-state index >= 15 is 0 Å². The van der Waals surface area contributed by atoms with Crippen molar-refractivity contribution in [1.29, 1.82) is 0 Å². The molecule has 4 aromatic rings. The maximum absolute atomic E-state index is 13.3. The average molecular weight is 412 g/mol. The van der Waals surface area contributed by atoms with Gasteiger partial charge in [0.2, 0.25) is 0 Å². The monoisotopic (exact) mass is 411 g/mol. The first-order valence-corrected chi connectivity index (χ1v) is 10.2. The molecule has 0 aliphatic heterocycles. The highest BCUT2D eigenvalue weighted by Gasteiger charge is 2.18. The summed E-state index contributed by atoms with van der Waals surface area (Å²) >= 11 is 0. The van der Waals surface area contributed by atoms with Crippen molar-refractivity contribution < 1.29 is 14.3 Å². The van der Waals surface area contributed by atoms with Crippen LogP contribution in [0, 0.1) is 27.7 Å². The van der Waals surface area contributed by atoms with E-state index in [1.807, 2.05) is 82.3 Å². The van der Waals surface area contributed by atoms with Gasteiger partial charge in [0, 0.05) is 10.9 Å². The van der Waals surface area contributed by atoms with Gasteiger partial charge in [-0.15, -0.1) is 0 Å². The number of methoxy groups -OCH3 is 1. The number of fused-ring (bicyclic) bond motifs is 1. The van der Waals surface area contributed by atoms with Gasteiger partial charge in [-0.1, -0.05) is 23.8 Å². The molecule has 0 spiro atoms. The van der Waals surface area contributed by atoms with E-state index in [2.05, 4.69) is 6.07 Å². The van der Waals surface area contributed by atoms with Gasteiger partial charge in [0.05, 0.1) is 23.9 Å². The average Bonchev–Trinajstić information content (AvgIpc) is 2.76. The van der Waals surface area contributed by atoms with Crippen LogP contribution in [0.1, 0.15) is 32.6 Å². The van der Waals surface area contributed by atoms with Gasteiger partial charge < -0.3 is 9.47 Å². The van der Waals surface area contributed by atoms with Crippen molar-refractivity contribution in [1.82, 2.24) is 4.98 Å². The molecule has 0 fully saturated rings. The largest absolute Gasteiger partial charge is 0.497 e. The first-order chi connectivity index (χ1) is 14.9. The highest BCUT2D eigenvalue weighted by molar-refractivity contribution is 6.06. The van der Waals surface area contributed by atoms with E-state index in [1.165, 1.54) is 0 Å². The molecule has 156 valence electrons. The van der Waals surface area contributed by atoms with Gasteiger partial charge in [-0.25, -0.2) is 9.78 Å². The third-order valence-corrected chi connectivity index (χ3v) is 5.61. The van der Waals surface area contributed by atoms with Gasteiger partial charge in [0.15, 0.2) is 0 Å². The van der Waals surface area contributed by atoms with Crippen LogP contribution in [-0.4, -0.2) is 18.1 Å². The summed E-state index contributed by atoms with van der Waals surface area (Å²) in [6.07, 6.45) is 0. The normalized spacial score (nSPS) is 10.9. The van der Waals surface area contributed by atoms with Gasteiger partial charge in [0.1, 0.15) is 11.5 Å². The molecule has 1 heterocycles. The number of rotatable bonds is 4. The van der Waals surface area contributed by atoms with Crippen molar-refractivity contribution in [2.75, 3.05) is 7.11 Å². The van der Waals surface area contributed by atoms with Crippen molar-refractivity contribution >= 4 is 16.9 Å². The molecule has 0 N–H and O–H groups in total. The van der Waals surface area contributed by atoms with E-state index in [4.69, 9.17) is 14.5 Å². The van der Waals surface area contributed by atoms with Crippen LogP contribution in [0.15, 0.2) is 60.7 Å². The topological polar surface area (TPSA) is 48.4 Å². The third kappa shape index (κ3) is 4.02. The smallest absolute Gasteiger partial charge is 0.344 e. The van der Waals surface area contributed by atoms with Crippen molar-refractivity contribution in [2.45, 2.75) is 27.7 Å². The Kier molecular flexibility index (Phi) is 5.47. The Morgan fingerprint density at radius 1 is 0.871 bits per heavy atom. The maximum atomic E-state index is 13.3. The Hall–Kier alpha value is -3.66. The number of nitrogens with zero attached hydrogens (tertiary/aromatic N) is 1. The fourth-order valence-corrected chi connectivity index (χ4v) is 3.75. The number of aromatic nitrogens is 1. The Morgan fingerprint density at radius 2 is 1.61 bits per heavy atom. The molecular formula is C27H25NO3. The maximum Gasteiger partial charge on any atom is 0.344 e. The van der Waals surface area contributed by atoms with E-state index in [0.717, 1.165) is 50.2 Å². The Morgan fingerprint density at radius 3 is 2.32 bits per heavy atom. The fraction of sp³-hybridized carbons (Fsp3) is 0.185. The van der Waals surface area contributed by atoms with E-state index in [0.29, 0.717) is 11.3 Å². The first kappa shape index (κ1) is 20.6. The number of pyridine rings is 1. The van der Waals surface area contributed by atoms with Crippen LogP contribution in [0.4, 0.5) is 0 Å². The Labute approximate surface area is 182 Å². The predicted octanol–water partition coefficient (Wildman–Crippen LogP) is 6.36. The van der Waals surface area contributed by atoms with Gasteiger partial charge in [-0.05, 0) is 86.8 Å². The molecule has 0 saturated carbocycles. The minimum atomic E-state index is -0.388. The Balaban J connectivity index is 1.87. The molecule has 0 amide bonds. The lowest BCUT2D eigenvalue weighted by molar-refractivity contribution is 0.0735. The van der Waals surface area contributed by atoms with Crippen molar-refractivity contribution in [2.24, 2.45) is 0 Å². The molecule has 0 aliphatic carbocycles. The van der Waals surface area contributed by atoms with Crippen LogP contribution in [0.2, 0.25) is 0 Å². The first-order valence-electron chi connectivity index (χ1n) is 10.2.